The van der Waals surface area contributed by atoms with E-state index in [-0.39, 0.29) is 11.8 Å². The molecule has 2 N–H and O–H groups in total. The van der Waals surface area contributed by atoms with Crippen molar-refractivity contribution in [2.45, 2.75) is 26.7 Å². The summed E-state index contributed by atoms with van der Waals surface area (Å²) in [5, 5.41) is 0. The van der Waals surface area contributed by atoms with Crippen molar-refractivity contribution < 1.29 is 9.59 Å². The van der Waals surface area contributed by atoms with Gasteiger partial charge in [-0.05, 0) is 49.9 Å². The number of primary amides is 1. The third kappa shape index (κ3) is 3.15. The summed E-state index contributed by atoms with van der Waals surface area (Å²) in [6, 6.07) is 11.4. The van der Waals surface area contributed by atoms with E-state index in [1.807, 2.05) is 44.2 Å². The van der Waals surface area contributed by atoms with Crippen LogP contribution >= 0.6 is 0 Å². The predicted octanol–water partition coefficient (Wildman–Crippen LogP) is 2.39. The molecule has 3 rings (SSSR count). The van der Waals surface area contributed by atoms with Crippen LogP contribution in [0.25, 0.3) is 0 Å². The van der Waals surface area contributed by atoms with Crippen molar-refractivity contribution in [2.75, 3.05) is 11.4 Å². The van der Waals surface area contributed by atoms with Gasteiger partial charge in [0.25, 0.3) is 5.91 Å². The zero-order valence-electron chi connectivity index (χ0n) is 14.0. The second-order valence-electron chi connectivity index (χ2n) is 6.36. The van der Waals surface area contributed by atoms with Crippen LogP contribution in [-0.4, -0.2) is 23.3 Å². The molecule has 2 aromatic rings. The number of nitrogens with two attached hydrogens (primary N) is 1. The zero-order chi connectivity index (χ0) is 17.3. The number of carbonyl (C=O) groups is 2. The minimum atomic E-state index is -0.468. The summed E-state index contributed by atoms with van der Waals surface area (Å²) in [5.41, 5.74) is 9.40. The van der Waals surface area contributed by atoms with Gasteiger partial charge in [-0.1, -0.05) is 18.2 Å². The summed E-state index contributed by atoms with van der Waals surface area (Å²) in [6.45, 7) is 4.46. The third-order valence-corrected chi connectivity index (χ3v) is 4.57. The molecule has 124 valence electrons. The molecule has 24 heavy (non-hydrogen) atoms. The average molecular weight is 323 g/mol. The summed E-state index contributed by atoms with van der Waals surface area (Å²) in [7, 11) is 0. The lowest BCUT2D eigenvalue weighted by Crippen LogP contribution is -2.25. The minimum absolute atomic E-state index is 0.107. The maximum absolute atomic E-state index is 12.3. The molecule has 2 amide bonds. The van der Waals surface area contributed by atoms with E-state index in [0.29, 0.717) is 30.6 Å². The Bertz CT molecular complexity index is 787. The van der Waals surface area contributed by atoms with Crippen LogP contribution in [0.5, 0.6) is 0 Å². The topological polar surface area (TPSA) is 76.3 Å². The van der Waals surface area contributed by atoms with Gasteiger partial charge in [0.2, 0.25) is 5.91 Å². The second kappa shape index (κ2) is 6.43. The fourth-order valence-corrected chi connectivity index (χ4v) is 3.17. The van der Waals surface area contributed by atoms with Crippen LogP contribution in [0.15, 0.2) is 36.4 Å². The lowest BCUT2D eigenvalue weighted by molar-refractivity contribution is -0.117. The fourth-order valence-electron chi connectivity index (χ4n) is 3.17. The van der Waals surface area contributed by atoms with Crippen molar-refractivity contribution >= 4 is 17.5 Å². The normalized spacial score (nSPS) is 17.3. The standard InChI is InChI=1S/C19H21N3O2/c1-12-8-16(19(20)24)17(21-13(12)2)9-14-10-18(23)22(11-14)15-6-4-3-5-7-15/h3-8,14H,9-11H2,1-2H3,(H2,20,24). The summed E-state index contributed by atoms with van der Waals surface area (Å²) >= 11 is 0. The third-order valence-electron chi connectivity index (χ3n) is 4.57. The molecule has 5 nitrogen and oxygen atoms in total. The van der Waals surface area contributed by atoms with Gasteiger partial charge in [0.1, 0.15) is 0 Å². The highest BCUT2D eigenvalue weighted by atomic mass is 16.2. The molecule has 1 unspecified atom stereocenters. The number of nitrogens with zero attached hydrogens (tertiary/aromatic N) is 2. The SMILES string of the molecule is Cc1cc(C(N)=O)c(CC2CC(=O)N(c3ccccc3)C2)nc1C. The lowest BCUT2D eigenvalue weighted by Gasteiger charge is -2.17. The van der Waals surface area contributed by atoms with E-state index in [9.17, 15) is 9.59 Å². The van der Waals surface area contributed by atoms with Crippen molar-refractivity contribution in [3.8, 4) is 0 Å². The Hall–Kier alpha value is -2.69. The first-order valence-corrected chi connectivity index (χ1v) is 8.08. The van der Waals surface area contributed by atoms with Gasteiger partial charge in [-0.15, -0.1) is 0 Å². The number of hydrogen-bond donors (Lipinski definition) is 1. The maximum Gasteiger partial charge on any atom is 0.250 e. The highest BCUT2D eigenvalue weighted by molar-refractivity contribution is 5.96. The Morgan fingerprint density at radius 1 is 1.29 bits per heavy atom. The van der Waals surface area contributed by atoms with Crippen molar-refractivity contribution in [2.24, 2.45) is 11.7 Å². The molecule has 2 heterocycles. The van der Waals surface area contributed by atoms with Crippen LogP contribution in [0.3, 0.4) is 0 Å². The van der Waals surface area contributed by atoms with Crippen LogP contribution < -0.4 is 10.6 Å². The molecule has 1 aromatic carbocycles. The number of benzene rings is 1. The monoisotopic (exact) mass is 323 g/mol. The number of carbonyl (C=O) groups excluding carboxylic acids is 2. The molecule has 1 aromatic heterocycles. The Labute approximate surface area is 141 Å². The second-order valence-corrected chi connectivity index (χ2v) is 6.36. The molecule has 1 atom stereocenters. The Morgan fingerprint density at radius 2 is 2.00 bits per heavy atom. The van der Waals surface area contributed by atoms with Crippen molar-refractivity contribution in [3.63, 3.8) is 0 Å². The molecular weight excluding hydrogens is 302 g/mol. The molecule has 0 radical (unpaired) electrons. The van der Waals surface area contributed by atoms with Crippen LogP contribution in [0.4, 0.5) is 5.69 Å². The Morgan fingerprint density at radius 3 is 2.67 bits per heavy atom. The average Bonchev–Trinajstić information content (AvgIpc) is 2.91. The summed E-state index contributed by atoms with van der Waals surface area (Å²) in [6.07, 6.45) is 1.04. The van der Waals surface area contributed by atoms with Gasteiger partial charge in [-0.2, -0.15) is 0 Å². The minimum Gasteiger partial charge on any atom is -0.366 e. The van der Waals surface area contributed by atoms with Gasteiger partial charge in [0.05, 0.1) is 11.3 Å². The largest absolute Gasteiger partial charge is 0.366 e. The van der Waals surface area contributed by atoms with Gasteiger partial charge in [0, 0.05) is 24.3 Å². The van der Waals surface area contributed by atoms with Gasteiger partial charge in [0.15, 0.2) is 0 Å². The predicted molar refractivity (Wildman–Crippen MR) is 92.8 cm³/mol. The summed E-state index contributed by atoms with van der Waals surface area (Å²) in [5.74, 6) is -0.231. The number of rotatable bonds is 4. The number of anilines is 1. The van der Waals surface area contributed by atoms with E-state index in [0.717, 1.165) is 16.9 Å². The number of hydrogen-bond acceptors (Lipinski definition) is 3. The molecule has 0 spiro atoms. The van der Waals surface area contributed by atoms with E-state index in [1.165, 1.54) is 0 Å². The van der Waals surface area contributed by atoms with Crippen LogP contribution in [0, 0.1) is 19.8 Å². The van der Waals surface area contributed by atoms with Crippen LogP contribution in [0.1, 0.15) is 33.7 Å². The number of aryl methyl sites for hydroxylation is 2. The number of para-hydroxylation sites is 1. The molecule has 0 bridgehead atoms. The molecule has 0 aliphatic carbocycles. The van der Waals surface area contributed by atoms with Crippen LogP contribution in [0.2, 0.25) is 0 Å². The van der Waals surface area contributed by atoms with E-state index < -0.39 is 5.91 Å². The molecule has 1 fully saturated rings. The summed E-state index contributed by atoms with van der Waals surface area (Å²) < 4.78 is 0. The highest BCUT2D eigenvalue weighted by Crippen LogP contribution is 2.28. The van der Waals surface area contributed by atoms with E-state index in [1.54, 1.807) is 11.0 Å². The molecule has 0 saturated carbocycles. The summed E-state index contributed by atoms with van der Waals surface area (Å²) in [4.78, 5) is 30.4. The highest BCUT2D eigenvalue weighted by Gasteiger charge is 2.31. The van der Waals surface area contributed by atoms with E-state index >= 15 is 0 Å². The number of pyridine rings is 1. The molecule has 1 saturated heterocycles. The number of amides is 2. The number of aromatic nitrogens is 1. The Balaban J connectivity index is 1.82. The van der Waals surface area contributed by atoms with Gasteiger partial charge >= 0.3 is 0 Å². The van der Waals surface area contributed by atoms with Crippen LogP contribution in [-0.2, 0) is 11.2 Å². The van der Waals surface area contributed by atoms with E-state index in [4.69, 9.17) is 5.73 Å². The zero-order valence-corrected chi connectivity index (χ0v) is 14.0. The maximum atomic E-state index is 12.3. The fraction of sp³-hybridized carbons (Fsp3) is 0.316. The lowest BCUT2D eigenvalue weighted by atomic mass is 9.97. The molecule has 1 aliphatic heterocycles. The van der Waals surface area contributed by atoms with Gasteiger partial charge in [-0.3, -0.25) is 14.6 Å². The van der Waals surface area contributed by atoms with Gasteiger partial charge < -0.3 is 10.6 Å². The van der Waals surface area contributed by atoms with Crippen molar-refractivity contribution in [1.82, 2.24) is 4.98 Å². The smallest absolute Gasteiger partial charge is 0.250 e. The first kappa shape index (κ1) is 16.2. The molecular formula is C19H21N3O2. The molecule has 1 aliphatic rings. The molecule has 5 heteroatoms. The Kier molecular flexibility index (Phi) is 4.34. The van der Waals surface area contributed by atoms with Gasteiger partial charge in [-0.25, -0.2) is 0 Å². The first-order chi connectivity index (χ1) is 11.5. The van der Waals surface area contributed by atoms with Crippen molar-refractivity contribution in [3.05, 3.63) is 58.9 Å². The van der Waals surface area contributed by atoms with Crippen molar-refractivity contribution in [1.29, 1.82) is 0 Å². The van der Waals surface area contributed by atoms with E-state index in [2.05, 4.69) is 4.98 Å². The first-order valence-electron chi connectivity index (χ1n) is 8.08. The quantitative estimate of drug-likeness (QED) is 0.938.